The van der Waals surface area contributed by atoms with Gasteiger partial charge in [0, 0.05) is 10.6 Å². The van der Waals surface area contributed by atoms with Gasteiger partial charge in [0.05, 0.1) is 22.9 Å². The van der Waals surface area contributed by atoms with Gasteiger partial charge >= 0.3 is 17.9 Å². The highest BCUT2D eigenvalue weighted by molar-refractivity contribution is 6.30. The number of esters is 3. The van der Waals surface area contributed by atoms with Crippen LogP contribution in [0.5, 0.6) is 0 Å². The fourth-order valence-electron chi connectivity index (χ4n) is 4.11. The van der Waals surface area contributed by atoms with Crippen LogP contribution in [0.3, 0.4) is 0 Å². The quantitative estimate of drug-likeness (QED) is 0.234. The molecule has 5 atom stereocenters. The van der Waals surface area contributed by atoms with Gasteiger partial charge < -0.3 is 24.3 Å². The molecule has 0 saturated carbocycles. The van der Waals surface area contributed by atoms with E-state index in [0.717, 1.165) is 4.90 Å². The molecule has 0 bridgehead atoms. The minimum atomic E-state index is -1.50. The topological polar surface area (TPSA) is 138 Å². The largest absolute Gasteiger partial charge is 0.455 e. The maximum absolute atomic E-state index is 13.8. The van der Waals surface area contributed by atoms with Crippen molar-refractivity contribution >= 4 is 41.8 Å². The van der Waals surface area contributed by atoms with E-state index in [0.29, 0.717) is 17.0 Å². The third kappa shape index (κ3) is 10.4. The van der Waals surface area contributed by atoms with E-state index in [2.05, 4.69) is 5.32 Å². The second-order valence-electron chi connectivity index (χ2n) is 15.4. The molecular weight excluding hydrogens is 604 g/mol. The van der Waals surface area contributed by atoms with E-state index in [1.54, 1.807) is 107 Å². The number of halogens is 1. The third-order valence-electron chi connectivity index (χ3n) is 6.63. The second kappa shape index (κ2) is 14.1. The van der Waals surface area contributed by atoms with Gasteiger partial charge in [0.2, 0.25) is 12.3 Å². The van der Waals surface area contributed by atoms with Gasteiger partial charge in [0.15, 0.2) is 24.5 Å². The summed E-state index contributed by atoms with van der Waals surface area (Å²) in [7, 11) is 0. The maximum Gasteiger partial charge on any atom is 0.311 e. The first-order valence-electron chi connectivity index (χ1n) is 14.9. The molecule has 0 aromatic heterocycles. The third-order valence-corrected chi connectivity index (χ3v) is 6.88. The molecule has 1 aromatic rings. The summed E-state index contributed by atoms with van der Waals surface area (Å²) in [5.41, 5.74) is -3.23. The number of hydrogen-bond acceptors (Lipinski definition) is 9. The van der Waals surface area contributed by atoms with Gasteiger partial charge in [-0.3, -0.25) is 28.9 Å². The Labute approximate surface area is 271 Å². The predicted octanol–water partition coefficient (Wildman–Crippen LogP) is 4.98. The number of nitrogens with zero attached hydrogens (tertiary/aromatic N) is 1. The molecule has 12 heteroatoms. The molecule has 2 amide bonds. The molecule has 1 fully saturated rings. The van der Waals surface area contributed by atoms with Gasteiger partial charge in [0.25, 0.3) is 0 Å². The molecule has 0 aliphatic carbocycles. The normalized spacial score (nSPS) is 21.6. The Hall–Kier alpha value is -3.18. The SMILES string of the molecule is CC(C)(C)NC(=O)[C@H](c1ccc(Cl)cc1)N(C=O)[C@H]1OC[C@@H](OC(=O)C(C)(C)C)C(OC(=O)C(C)(C)C)C1OC(=O)C(C)(C)C. The van der Waals surface area contributed by atoms with Crippen LogP contribution in [-0.2, 0) is 42.9 Å². The lowest BCUT2D eigenvalue weighted by molar-refractivity contribution is -0.257. The molecule has 0 spiro atoms. The summed E-state index contributed by atoms with van der Waals surface area (Å²) in [6.45, 7) is 19.8. The van der Waals surface area contributed by atoms with Crippen LogP contribution in [-0.4, -0.2) is 71.8 Å². The Kier molecular flexibility index (Phi) is 11.9. The number of amides is 2. The van der Waals surface area contributed by atoms with Gasteiger partial charge in [-0.25, -0.2) is 0 Å². The Bertz CT molecular complexity index is 1240. The molecule has 252 valence electrons. The van der Waals surface area contributed by atoms with E-state index in [-0.39, 0.29) is 6.61 Å². The Balaban J connectivity index is 2.77. The summed E-state index contributed by atoms with van der Waals surface area (Å²) in [6.07, 6.45) is -5.14. The first kappa shape index (κ1) is 38.0. The van der Waals surface area contributed by atoms with Crippen LogP contribution in [0.2, 0.25) is 5.02 Å². The zero-order valence-electron chi connectivity index (χ0n) is 28.5. The first-order valence-corrected chi connectivity index (χ1v) is 15.3. The summed E-state index contributed by atoms with van der Waals surface area (Å²) in [5.74, 6) is -2.53. The number of nitrogens with one attached hydrogen (secondary N) is 1. The fraction of sp³-hybridized carbons (Fsp3) is 0.667. The smallest absolute Gasteiger partial charge is 0.311 e. The lowest BCUT2D eigenvalue weighted by Crippen LogP contribution is -2.64. The van der Waals surface area contributed by atoms with Crippen LogP contribution in [0, 0.1) is 16.2 Å². The molecule has 0 radical (unpaired) electrons. The molecule has 1 saturated heterocycles. The molecule has 1 aliphatic rings. The van der Waals surface area contributed by atoms with Crippen molar-refractivity contribution in [2.75, 3.05) is 6.61 Å². The zero-order chi connectivity index (χ0) is 34.7. The number of benzene rings is 1. The standard InChI is InChI=1S/C33H49ClN2O9/c1-30(2,3)27(39)43-21-17-42-26(24(45-29(41)32(7,8)9)23(21)44-28(40)31(4,5)6)36(18-37)22(25(38)35-33(10,11)12)19-13-15-20(34)16-14-19/h13-16,18,21-24,26H,17H2,1-12H3,(H,35,38)/t21-,22+,23?,24?,26+/m1/s1. The summed E-state index contributed by atoms with van der Waals surface area (Å²) < 4.78 is 23.8. The molecule has 45 heavy (non-hydrogen) atoms. The van der Waals surface area contributed by atoms with E-state index in [1.165, 1.54) is 0 Å². The van der Waals surface area contributed by atoms with Crippen LogP contribution < -0.4 is 5.32 Å². The van der Waals surface area contributed by atoms with E-state index in [9.17, 15) is 24.0 Å². The molecule has 1 N–H and O–H groups in total. The van der Waals surface area contributed by atoms with Crippen LogP contribution in [0.25, 0.3) is 0 Å². The Morgan fingerprint density at radius 3 is 1.67 bits per heavy atom. The number of carbonyl (C=O) groups is 5. The van der Waals surface area contributed by atoms with Crippen LogP contribution in [0.1, 0.15) is 94.7 Å². The minimum absolute atomic E-state index is 0.337. The predicted molar refractivity (Wildman–Crippen MR) is 168 cm³/mol. The number of ether oxygens (including phenoxy) is 4. The van der Waals surface area contributed by atoms with Crippen molar-refractivity contribution in [1.82, 2.24) is 10.2 Å². The highest BCUT2D eigenvalue weighted by Crippen LogP contribution is 2.35. The van der Waals surface area contributed by atoms with Crippen molar-refractivity contribution in [3.05, 3.63) is 34.9 Å². The Morgan fingerprint density at radius 2 is 1.24 bits per heavy atom. The van der Waals surface area contributed by atoms with Gasteiger partial charge in [-0.05, 0) is 101 Å². The molecule has 1 heterocycles. The Morgan fingerprint density at radius 1 is 0.800 bits per heavy atom. The van der Waals surface area contributed by atoms with Crippen molar-refractivity contribution in [3.63, 3.8) is 0 Å². The average Bonchev–Trinajstić information content (AvgIpc) is 2.87. The molecule has 1 aliphatic heterocycles. The lowest BCUT2D eigenvalue weighted by atomic mass is 9.94. The van der Waals surface area contributed by atoms with Crippen molar-refractivity contribution in [2.45, 2.75) is 119 Å². The fourth-order valence-corrected chi connectivity index (χ4v) is 4.23. The highest BCUT2D eigenvalue weighted by Gasteiger charge is 2.53. The van der Waals surface area contributed by atoms with Crippen molar-refractivity contribution in [1.29, 1.82) is 0 Å². The highest BCUT2D eigenvalue weighted by atomic mass is 35.5. The summed E-state index contributed by atoms with van der Waals surface area (Å²) in [4.78, 5) is 67.5. The summed E-state index contributed by atoms with van der Waals surface area (Å²) in [6, 6.07) is 5.05. The van der Waals surface area contributed by atoms with Crippen LogP contribution in [0.4, 0.5) is 0 Å². The number of carbonyl (C=O) groups excluding carboxylic acids is 5. The van der Waals surface area contributed by atoms with Crippen LogP contribution in [0.15, 0.2) is 24.3 Å². The van der Waals surface area contributed by atoms with Gasteiger partial charge in [0.1, 0.15) is 6.04 Å². The molecule has 11 nitrogen and oxygen atoms in total. The zero-order valence-corrected chi connectivity index (χ0v) is 29.2. The molecule has 1 aromatic carbocycles. The first-order chi connectivity index (χ1) is 20.4. The molecule has 2 unspecified atom stereocenters. The monoisotopic (exact) mass is 652 g/mol. The molecular formula is C33H49ClN2O9. The van der Waals surface area contributed by atoms with Crippen molar-refractivity contribution in [2.24, 2.45) is 16.2 Å². The van der Waals surface area contributed by atoms with Crippen molar-refractivity contribution in [3.8, 4) is 0 Å². The van der Waals surface area contributed by atoms with Gasteiger partial charge in [-0.2, -0.15) is 0 Å². The summed E-state index contributed by atoms with van der Waals surface area (Å²) >= 11 is 6.13. The lowest BCUT2D eigenvalue weighted by Gasteiger charge is -2.46. The van der Waals surface area contributed by atoms with Crippen LogP contribution >= 0.6 is 11.6 Å². The average molecular weight is 653 g/mol. The van der Waals surface area contributed by atoms with Gasteiger partial charge in [-0.1, -0.05) is 23.7 Å². The molecule has 2 rings (SSSR count). The van der Waals surface area contributed by atoms with Crippen molar-refractivity contribution < 1.29 is 42.9 Å². The van der Waals surface area contributed by atoms with E-state index >= 15 is 0 Å². The van der Waals surface area contributed by atoms with E-state index in [1.807, 2.05) is 0 Å². The summed E-state index contributed by atoms with van der Waals surface area (Å²) in [5, 5.41) is 3.30. The number of hydrogen-bond donors (Lipinski definition) is 1. The van der Waals surface area contributed by atoms with E-state index in [4.69, 9.17) is 30.5 Å². The van der Waals surface area contributed by atoms with Gasteiger partial charge in [-0.15, -0.1) is 0 Å². The van der Waals surface area contributed by atoms with E-state index < -0.39 is 76.2 Å². The number of rotatable bonds is 8. The maximum atomic E-state index is 13.8. The second-order valence-corrected chi connectivity index (χ2v) is 15.8. The minimum Gasteiger partial charge on any atom is -0.455 e.